The maximum Gasteiger partial charge on any atom is 0.239 e. The minimum Gasteiger partial charge on any atom is -0.369 e. The zero-order valence-electron chi connectivity index (χ0n) is 8.56. The Morgan fingerprint density at radius 2 is 1.88 bits per heavy atom. The van der Waals surface area contributed by atoms with Gasteiger partial charge in [0, 0.05) is 12.1 Å². The monoisotopic (exact) mass is 232 g/mol. The summed E-state index contributed by atoms with van der Waals surface area (Å²) in [5, 5.41) is 2.30. The standard InChI is InChI=1S/C10H11F3N2O/c1-2-8(10(14)16)15-9-6(12)3-5(11)4-7(9)13/h3-4,8,15H,2H2,1H3,(H2,14,16). The molecule has 0 bridgehead atoms. The lowest BCUT2D eigenvalue weighted by atomic mass is 10.2. The molecular weight excluding hydrogens is 221 g/mol. The topological polar surface area (TPSA) is 55.1 Å². The van der Waals surface area contributed by atoms with E-state index in [4.69, 9.17) is 5.73 Å². The van der Waals surface area contributed by atoms with Crippen LogP contribution in [-0.4, -0.2) is 11.9 Å². The van der Waals surface area contributed by atoms with Gasteiger partial charge in [0.25, 0.3) is 0 Å². The van der Waals surface area contributed by atoms with Crippen LogP contribution in [0.15, 0.2) is 12.1 Å². The van der Waals surface area contributed by atoms with Crippen molar-refractivity contribution in [2.24, 2.45) is 5.73 Å². The van der Waals surface area contributed by atoms with Crippen molar-refractivity contribution in [3.05, 3.63) is 29.6 Å². The van der Waals surface area contributed by atoms with Crippen molar-refractivity contribution in [1.82, 2.24) is 0 Å². The molecule has 88 valence electrons. The van der Waals surface area contributed by atoms with Crippen molar-refractivity contribution < 1.29 is 18.0 Å². The number of nitrogens with two attached hydrogens (primary N) is 1. The molecule has 16 heavy (non-hydrogen) atoms. The van der Waals surface area contributed by atoms with Gasteiger partial charge in [0.05, 0.1) is 0 Å². The van der Waals surface area contributed by atoms with Crippen molar-refractivity contribution in [1.29, 1.82) is 0 Å². The van der Waals surface area contributed by atoms with Crippen LogP contribution in [0.4, 0.5) is 18.9 Å². The van der Waals surface area contributed by atoms with Crippen LogP contribution >= 0.6 is 0 Å². The van der Waals surface area contributed by atoms with E-state index in [9.17, 15) is 18.0 Å². The van der Waals surface area contributed by atoms with Crippen LogP contribution < -0.4 is 11.1 Å². The van der Waals surface area contributed by atoms with Gasteiger partial charge in [0.15, 0.2) is 11.6 Å². The summed E-state index contributed by atoms with van der Waals surface area (Å²) in [6, 6.07) is 0.160. The molecule has 0 fully saturated rings. The van der Waals surface area contributed by atoms with Gasteiger partial charge in [-0.15, -0.1) is 0 Å². The molecule has 1 rings (SSSR count). The van der Waals surface area contributed by atoms with E-state index in [1.807, 2.05) is 0 Å². The summed E-state index contributed by atoms with van der Waals surface area (Å²) in [4.78, 5) is 10.9. The molecular formula is C10H11F3N2O. The van der Waals surface area contributed by atoms with Gasteiger partial charge in [0.2, 0.25) is 5.91 Å². The highest BCUT2D eigenvalue weighted by Gasteiger charge is 2.18. The fourth-order valence-electron chi connectivity index (χ4n) is 1.23. The van der Waals surface area contributed by atoms with Crippen LogP contribution in [0.2, 0.25) is 0 Å². The van der Waals surface area contributed by atoms with Crippen LogP contribution in [0, 0.1) is 17.5 Å². The summed E-state index contributed by atoms with van der Waals surface area (Å²) in [5.74, 6) is -3.95. The molecule has 3 nitrogen and oxygen atoms in total. The van der Waals surface area contributed by atoms with Gasteiger partial charge >= 0.3 is 0 Å². The number of hydrogen-bond acceptors (Lipinski definition) is 2. The average molecular weight is 232 g/mol. The molecule has 0 saturated heterocycles. The van der Waals surface area contributed by atoms with E-state index in [2.05, 4.69) is 5.32 Å². The van der Waals surface area contributed by atoms with Gasteiger partial charge in [-0.2, -0.15) is 0 Å². The van der Waals surface area contributed by atoms with E-state index in [-0.39, 0.29) is 6.42 Å². The number of rotatable bonds is 4. The molecule has 1 atom stereocenters. The third-order valence-electron chi connectivity index (χ3n) is 2.08. The summed E-state index contributed by atoms with van der Waals surface area (Å²) in [7, 11) is 0. The number of nitrogens with one attached hydrogen (secondary N) is 1. The fraction of sp³-hybridized carbons (Fsp3) is 0.300. The van der Waals surface area contributed by atoms with Crippen molar-refractivity contribution in [2.75, 3.05) is 5.32 Å². The number of amides is 1. The molecule has 0 aliphatic rings. The minimum absolute atomic E-state index is 0.269. The molecule has 1 unspecified atom stereocenters. The van der Waals surface area contributed by atoms with E-state index in [1.54, 1.807) is 6.92 Å². The molecule has 0 saturated carbocycles. The number of hydrogen-bond donors (Lipinski definition) is 2. The molecule has 0 aromatic heterocycles. The number of halogens is 3. The summed E-state index contributed by atoms with van der Waals surface area (Å²) in [6.07, 6.45) is 0.269. The third-order valence-corrected chi connectivity index (χ3v) is 2.08. The molecule has 1 aromatic carbocycles. The van der Waals surface area contributed by atoms with Crippen molar-refractivity contribution in [3.63, 3.8) is 0 Å². The molecule has 0 spiro atoms. The highest BCUT2D eigenvalue weighted by molar-refractivity contribution is 5.82. The summed E-state index contributed by atoms with van der Waals surface area (Å²) >= 11 is 0. The summed E-state index contributed by atoms with van der Waals surface area (Å²) < 4.78 is 38.9. The zero-order chi connectivity index (χ0) is 12.3. The first kappa shape index (κ1) is 12.4. The Hall–Kier alpha value is -1.72. The van der Waals surface area contributed by atoms with Gasteiger partial charge in [-0.05, 0) is 6.42 Å². The first-order chi connectivity index (χ1) is 7.45. The molecule has 0 radical (unpaired) electrons. The van der Waals surface area contributed by atoms with E-state index in [0.717, 1.165) is 0 Å². The normalized spacial score (nSPS) is 12.2. The maximum atomic E-state index is 13.2. The lowest BCUT2D eigenvalue weighted by Crippen LogP contribution is -2.35. The number of benzene rings is 1. The molecule has 0 aliphatic carbocycles. The summed E-state index contributed by atoms with van der Waals surface area (Å²) in [6.45, 7) is 1.63. The Morgan fingerprint density at radius 3 is 2.25 bits per heavy atom. The van der Waals surface area contributed by atoms with E-state index in [1.165, 1.54) is 0 Å². The van der Waals surface area contributed by atoms with Gasteiger partial charge in [0.1, 0.15) is 17.5 Å². The summed E-state index contributed by atoms with van der Waals surface area (Å²) in [5.41, 5.74) is 4.46. The molecule has 1 amide bonds. The SMILES string of the molecule is CCC(Nc1c(F)cc(F)cc1F)C(N)=O. The van der Waals surface area contributed by atoms with E-state index < -0.39 is 35.1 Å². The Kier molecular flexibility index (Phi) is 3.76. The highest BCUT2D eigenvalue weighted by Crippen LogP contribution is 2.21. The second-order valence-corrected chi connectivity index (χ2v) is 3.25. The Labute approximate surface area is 90.4 Å². The first-order valence-corrected chi connectivity index (χ1v) is 4.66. The van der Waals surface area contributed by atoms with Gasteiger partial charge in [-0.3, -0.25) is 4.79 Å². The van der Waals surface area contributed by atoms with Gasteiger partial charge < -0.3 is 11.1 Å². The third kappa shape index (κ3) is 2.65. The number of carbonyl (C=O) groups excluding carboxylic acids is 1. The van der Waals surface area contributed by atoms with Crippen LogP contribution in [0.5, 0.6) is 0 Å². The van der Waals surface area contributed by atoms with Crippen molar-refractivity contribution in [2.45, 2.75) is 19.4 Å². The van der Waals surface area contributed by atoms with Crippen molar-refractivity contribution >= 4 is 11.6 Å². The van der Waals surface area contributed by atoms with Gasteiger partial charge in [-0.25, -0.2) is 13.2 Å². The molecule has 6 heteroatoms. The fourth-order valence-corrected chi connectivity index (χ4v) is 1.23. The van der Waals surface area contributed by atoms with E-state index >= 15 is 0 Å². The Bertz CT molecular complexity index is 386. The number of primary amides is 1. The van der Waals surface area contributed by atoms with Crippen molar-refractivity contribution in [3.8, 4) is 0 Å². The Balaban J connectivity index is 3.01. The predicted octanol–water partition coefficient (Wildman–Crippen LogP) is 1.78. The van der Waals surface area contributed by atoms with Crippen LogP contribution in [0.25, 0.3) is 0 Å². The van der Waals surface area contributed by atoms with Crippen LogP contribution in [0.1, 0.15) is 13.3 Å². The maximum absolute atomic E-state index is 13.2. The molecule has 0 aliphatic heterocycles. The molecule has 0 heterocycles. The number of anilines is 1. The van der Waals surface area contributed by atoms with Gasteiger partial charge in [-0.1, -0.05) is 6.92 Å². The second-order valence-electron chi connectivity index (χ2n) is 3.25. The lowest BCUT2D eigenvalue weighted by Gasteiger charge is -2.15. The van der Waals surface area contributed by atoms with Crippen LogP contribution in [0.3, 0.4) is 0 Å². The van der Waals surface area contributed by atoms with Crippen LogP contribution in [-0.2, 0) is 4.79 Å². The largest absolute Gasteiger partial charge is 0.369 e. The van der Waals surface area contributed by atoms with E-state index in [0.29, 0.717) is 12.1 Å². The number of carbonyl (C=O) groups is 1. The average Bonchev–Trinajstić information content (AvgIpc) is 2.15. The first-order valence-electron chi connectivity index (χ1n) is 4.66. The highest BCUT2D eigenvalue weighted by atomic mass is 19.1. The predicted molar refractivity (Wildman–Crippen MR) is 53.2 cm³/mol. The minimum atomic E-state index is -1.10. The Morgan fingerprint density at radius 1 is 1.38 bits per heavy atom. The quantitative estimate of drug-likeness (QED) is 0.831. The zero-order valence-corrected chi connectivity index (χ0v) is 8.56. The molecule has 1 aromatic rings. The molecule has 3 N–H and O–H groups in total. The lowest BCUT2D eigenvalue weighted by molar-refractivity contribution is -0.118. The smallest absolute Gasteiger partial charge is 0.239 e. The second kappa shape index (κ2) is 4.87.